The van der Waals surface area contributed by atoms with Gasteiger partial charge in [-0.3, -0.25) is 0 Å². The first-order valence-corrected chi connectivity index (χ1v) is 12.5. The summed E-state index contributed by atoms with van der Waals surface area (Å²) in [6.07, 6.45) is 6.35. The zero-order chi connectivity index (χ0) is 23.9. The standard InChI is InChI=1S/C28H32ClNO4/c1-3-25(31)22-9-6-20(22)15-30-16-28(12-4-5-18-13-21(29)8-10-23(18)28)17-34-26-11-7-19(14-24(26)30)27(32)33-2/h3,7-8,10-11,13-14,20,22,25,31H,1,4-6,9,12,15-17H2,2H3/t20-,22?,25?,28-/m0/s1. The summed E-state index contributed by atoms with van der Waals surface area (Å²) in [7, 11) is 1.40. The summed E-state index contributed by atoms with van der Waals surface area (Å²) in [4.78, 5) is 14.7. The van der Waals surface area contributed by atoms with Gasteiger partial charge in [-0.15, -0.1) is 6.58 Å². The summed E-state index contributed by atoms with van der Waals surface area (Å²) >= 11 is 6.34. The molecular formula is C28H32ClNO4. The van der Waals surface area contributed by atoms with Crippen LogP contribution in [0.2, 0.25) is 5.02 Å². The highest BCUT2D eigenvalue weighted by atomic mass is 35.5. The number of aryl methyl sites for hydroxylation is 1. The molecule has 0 aromatic heterocycles. The zero-order valence-electron chi connectivity index (χ0n) is 19.6. The first-order valence-electron chi connectivity index (χ1n) is 12.1. The van der Waals surface area contributed by atoms with Crippen LogP contribution in [0.4, 0.5) is 5.69 Å². The van der Waals surface area contributed by atoms with Gasteiger partial charge >= 0.3 is 5.97 Å². The smallest absolute Gasteiger partial charge is 0.337 e. The fourth-order valence-electron chi connectivity index (χ4n) is 6.09. The van der Waals surface area contributed by atoms with Gasteiger partial charge in [0.1, 0.15) is 5.75 Å². The number of esters is 1. The third kappa shape index (κ3) is 4.09. The summed E-state index contributed by atoms with van der Waals surface area (Å²) in [6.45, 7) is 5.94. The van der Waals surface area contributed by atoms with E-state index in [2.05, 4.69) is 23.6 Å². The molecule has 180 valence electrons. The molecule has 4 atom stereocenters. The monoisotopic (exact) mass is 481 g/mol. The summed E-state index contributed by atoms with van der Waals surface area (Å²) in [5.74, 6) is 0.988. The van der Waals surface area contributed by atoms with Crippen molar-refractivity contribution in [3.05, 3.63) is 70.8 Å². The Labute approximate surface area is 206 Å². The van der Waals surface area contributed by atoms with Crippen molar-refractivity contribution in [2.75, 3.05) is 31.7 Å². The molecule has 0 saturated heterocycles. The lowest BCUT2D eigenvalue weighted by molar-refractivity contribution is 0.0460. The maximum atomic E-state index is 12.3. The highest BCUT2D eigenvalue weighted by Gasteiger charge is 2.44. The lowest BCUT2D eigenvalue weighted by Crippen LogP contribution is -2.49. The molecule has 5 rings (SSSR count). The first kappa shape index (κ1) is 23.3. The number of methoxy groups -OCH3 is 1. The molecule has 5 nitrogen and oxygen atoms in total. The van der Waals surface area contributed by atoms with Crippen LogP contribution in [0.25, 0.3) is 0 Å². The molecule has 1 saturated carbocycles. The molecule has 2 aromatic carbocycles. The second-order valence-corrected chi connectivity index (χ2v) is 10.4. The highest BCUT2D eigenvalue weighted by Crippen LogP contribution is 2.46. The molecule has 1 fully saturated rings. The molecule has 2 aliphatic carbocycles. The topological polar surface area (TPSA) is 59.0 Å². The molecule has 2 aromatic rings. The Morgan fingerprint density at radius 2 is 2.21 bits per heavy atom. The molecule has 0 amide bonds. The van der Waals surface area contributed by atoms with Crippen LogP contribution in [0, 0.1) is 11.8 Å². The van der Waals surface area contributed by atoms with Crippen molar-refractivity contribution < 1.29 is 19.4 Å². The van der Waals surface area contributed by atoms with E-state index in [0.29, 0.717) is 18.1 Å². The number of aliphatic hydroxyl groups excluding tert-OH is 1. The second kappa shape index (κ2) is 9.27. The number of carbonyl (C=O) groups is 1. The minimum absolute atomic E-state index is 0.168. The summed E-state index contributed by atoms with van der Waals surface area (Å²) in [6, 6.07) is 11.8. The van der Waals surface area contributed by atoms with E-state index in [4.69, 9.17) is 21.1 Å². The van der Waals surface area contributed by atoms with Crippen molar-refractivity contribution in [3.63, 3.8) is 0 Å². The van der Waals surface area contributed by atoms with Crippen molar-refractivity contribution in [3.8, 4) is 5.75 Å². The van der Waals surface area contributed by atoms with E-state index < -0.39 is 6.10 Å². The van der Waals surface area contributed by atoms with Gasteiger partial charge in [-0.25, -0.2) is 4.79 Å². The Morgan fingerprint density at radius 1 is 1.35 bits per heavy atom. The van der Waals surface area contributed by atoms with Gasteiger partial charge in [0.25, 0.3) is 0 Å². The van der Waals surface area contributed by atoms with E-state index in [9.17, 15) is 9.90 Å². The number of carbonyl (C=O) groups excluding carboxylic acids is 1. The highest BCUT2D eigenvalue weighted by molar-refractivity contribution is 6.30. The van der Waals surface area contributed by atoms with Crippen molar-refractivity contribution in [1.29, 1.82) is 0 Å². The predicted octanol–water partition coefficient (Wildman–Crippen LogP) is 5.17. The third-order valence-electron chi connectivity index (χ3n) is 8.07. The maximum absolute atomic E-state index is 12.3. The number of rotatable bonds is 5. The summed E-state index contributed by atoms with van der Waals surface area (Å²) in [5, 5.41) is 11.2. The van der Waals surface area contributed by atoms with Crippen LogP contribution in [0.1, 0.15) is 47.2 Å². The van der Waals surface area contributed by atoms with Gasteiger partial charge in [0.15, 0.2) is 0 Å². The number of hydrogen-bond acceptors (Lipinski definition) is 5. The van der Waals surface area contributed by atoms with Crippen molar-refractivity contribution in [1.82, 2.24) is 0 Å². The molecule has 6 heteroatoms. The normalized spacial score (nSPS) is 26.4. The summed E-state index contributed by atoms with van der Waals surface area (Å²) < 4.78 is 11.4. The molecule has 1 spiro atoms. The maximum Gasteiger partial charge on any atom is 0.337 e. The van der Waals surface area contributed by atoms with E-state index in [-0.39, 0.29) is 17.3 Å². The Morgan fingerprint density at radius 3 is 2.94 bits per heavy atom. The number of nitrogens with zero attached hydrogens (tertiary/aromatic N) is 1. The van der Waals surface area contributed by atoms with Crippen LogP contribution < -0.4 is 9.64 Å². The Bertz CT molecular complexity index is 1100. The van der Waals surface area contributed by atoms with E-state index in [0.717, 1.165) is 61.7 Å². The molecule has 1 N–H and O–H groups in total. The van der Waals surface area contributed by atoms with Crippen LogP contribution in [0.3, 0.4) is 0 Å². The van der Waals surface area contributed by atoms with Crippen molar-refractivity contribution in [2.24, 2.45) is 11.8 Å². The largest absolute Gasteiger partial charge is 0.490 e. The molecule has 0 bridgehead atoms. The molecular weight excluding hydrogens is 450 g/mol. The molecule has 0 radical (unpaired) electrons. The zero-order valence-corrected chi connectivity index (χ0v) is 20.4. The fraction of sp³-hybridized carbons (Fsp3) is 0.464. The lowest BCUT2D eigenvalue weighted by atomic mass is 9.68. The number of benzene rings is 2. The van der Waals surface area contributed by atoms with Crippen LogP contribution in [-0.2, 0) is 16.6 Å². The van der Waals surface area contributed by atoms with E-state index in [1.165, 1.54) is 18.2 Å². The van der Waals surface area contributed by atoms with Crippen molar-refractivity contribution in [2.45, 2.75) is 43.6 Å². The van der Waals surface area contributed by atoms with Gasteiger partial charge in [0.2, 0.25) is 0 Å². The minimum Gasteiger partial charge on any atom is -0.490 e. The number of anilines is 1. The number of ether oxygens (including phenoxy) is 2. The van der Waals surface area contributed by atoms with Gasteiger partial charge in [0.05, 0.1) is 31.1 Å². The van der Waals surface area contributed by atoms with Crippen LogP contribution in [0.5, 0.6) is 5.75 Å². The number of aliphatic hydroxyl groups is 1. The molecule has 34 heavy (non-hydrogen) atoms. The van der Waals surface area contributed by atoms with Gasteiger partial charge in [-0.1, -0.05) is 23.7 Å². The molecule has 2 unspecified atom stereocenters. The van der Waals surface area contributed by atoms with Gasteiger partial charge in [-0.05, 0) is 85.4 Å². The average Bonchev–Trinajstić information content (AvgIpc) is 2.98. The Kier molecular flexibility index (Phi) is 6.34. The lowest BCUT2D eigenvalue weighted by Gasteiger charge is -2.45. The van der Waals surface area contributed by atoms with E-state index in [1.807, 2.05) is 18.2 Å². The number of halogens is 1. The number of fused-ring (bicyclic) bond motifs is 3. The van der Waals surface area contributed by atoms with Gasteiger partial charge in [-0.2, -0.15) is 0 Å². The minimum atomic E-state index is -0.491. The Hall–Kier alpha value is -2.50. The first-order chi connectivity index (χ1) is 16.4. The van der Waals surface area contributed by atoms with E-state index in [1.54, 1.807) is 12.1 Å². The Balaban J connectivity index is 1.55. The van der Waals surface area contributed by atoms with Crippen molar-refractivity contribution >= 4 is 23.3 Å². The SMILES string of the molecule is C=CC(O)C1CC[C@H]1CN1C[C@@]2(CCCc3cc(Cl)ccc32)COc2ccc(C(=O)OC)cc21. The number of hydrogen-bond donors (Lipinski definition) is 1. The predicted molar refractivity (Wildman–Crippen MR) is 134 cm³/mol. The van der Waals surface area contributed by atoms with Crippen LogP contribution >= 0.6 is 11.6 Å². The second-order valence-electron chi connectivity index (χ2n) is 10.0. The molecule has 1 aliphatic heterocycles. The van der Waals surface area contributed by atoms with Crippen LogP contribution in [-0.4, -0.2) is 44.0 Å². The average molecular weight is 482 g/mol. The fourth-order valence-corrected chi connectivity index (χ4v) is 6.28. The van der Waals surface area contributed by atoms with Gasteiger partial charge in [0, 0.05) is 23.5 Å². The molecule has 3 aliphatic rings. The van der Waals surface area contributed by atoms with E-state index >= 15 is 0 Å². The quantitative estimate of drug-likeness (QED) is 0.471. The summed E-state index contributed by atoms with van der Waals surface area (Å²) in [5.41, 5.74) is 3.87. The van der Waals surface area contributed by atoms with Crippen LogP contribution in [0.15, 0.2) is 49.1 Å². The molecule has 1 heterocycles. The third-order valence-corrected chi connectivity index (χ3v) is 8.30. The van der Waals surface area contributed by atoms with Gasteiger partial charge < -0.3 is 19.5 Å².